The summed E-state index contributed by atoms with van der Waals surface area (Å²) in [5.41, 5.74) is -0.644. The fourth-order valence-corrected chi connectivity index (χ4v) is 3.78. The Bertz CT molecular complexity index is 653. The molecule has 8 heteroatoms. The zero-order valence-electron chi connectivity index (χ0n) is 13.6. The van der Waals surface area contributed by atoms with Crippen LogP contribution in [0.2, 0.25) is 0 Å². The minimum absolute atomic E-state index is 0.0243. The van der Waals surface area contributed by atoms with Crippen LogP contribution in [0.15, 0.2) is 24.3 Å². The molecule has 3 rings (SSSR count). The maximum absolute atomic E-state index is 12.7. The lowest BCUT2D eigenvalue weighted by molar-refractivity contribution is -0.156. The summed E-state index contributed by atoms with van der Waals surface area (Å²) in [6.45, 7) is -1.52. The van der Waals surface area contributed by atoms with E-state index < -0.39 is 18.0 Å². The number of ether oxygens (including phenoxy) is 1. The third-order valence-electron chi connectivity index (χ3n) is 5.06. The molecule has 2 fully saturated rings. The quantitative estimate of drug-likeness (QED) is 0.864. The van der Waals surface area contributed by atoms with E-state index >= 15 is 0 Å². The van der Waals surface area contributed by atoms with E-state index in [2.05, 4.69) is 10.1 Å². The molecule has 2 N–H and O–H groups in total. The van der Waals surface area contributed by atoms with Gasteiger partial charge in [0, 0.05) is 24.7 Å². The van der Waals surface area contributed by atoms with Gasteiger partial charge in [-0.25, -0.2) is 0 Å². The van der Waals surface area contributed by atoms with E-state index in [4.69, 9.17) is 0 Å². The molecule has 0 saturated carbocycles. The van der Waals surface area contributed by atoms with E-state index in [0.29, 0.717) is 24.9 Å². The molecule has 1 amide bonds. The zero-order chi connectivity index (χ0) is 18.0. The van der Waals surface area contributed by atoms with Crippen LogP contribution in [0.5, 0.6) is 5.75 Å². The summed E-state index contributed by atoms with van der Waals surface area (Å²) in [6, 6.07) is 5.31. The van der Waals surface area contributed by atoms with Crippen molar-refractivity contribution in [2.24, 2.45) is 5.41 Å². The van der Waals surface area contributed by atoms with E-state index in [1.807, 2.05) is 0 Å². The number of carboxylic acids is 1. The van der Waals surface area contributed by atoms with Crippen LogP contribution < -0.4 is 10.1 Å². The fourth-order valence-electron chi connectivity index (χ4n) is 3.78. The maximum Gasteiger partial charge on any atom is 0.387 e. The number of amides is 1. The number of halogens is 2. The van der Waals surface area contributed by atoms with Crippen molar-refractivity contribution in [3.8, 4) is 5.75 Å². The fraction of sp³-hybridized carbons (Fsp3) is 0.529. The molecule has 0 unspecified atom stereocenters. The number of carboxylic acid groups (broad SMARTS) is 1. The van der Waals surface area contributed by atoms with Gasteiger partial charge in [0.15, 0.2) is 0 Å². The third-order valence-corrected chi connectivity index (χ3v) is 5.06. The topological polar surface area (TPSA) is 78.9 Å². The van der Waals surface area contributed by atoms with Crippen LogP contribution in [-0.2, 0) is 4.79 Å². The van der Waals surface area contributed by atoms with Crippen LogP contribution in [0.1, 0.15) is 29.6 Å². The number of aliphatic carboxylic acids is 1. The summed E-state index contributed by atoms with van der Waals surface area (Å²) in [5.74, 6) is -1.21. The number of nitrogens with zero attached hydrogens (tertiary/aromatic N) is 1. The summed E-state index contributed by atoms with van der Waals surface area (Å²) >= 11 is 0. The predicted octanol–water partition coefficient (Wildman–Crippen LogP) is 1.96. The summed E-state index contributed by atoms with van der Waals surface area (Å²) in [4.78, 5) is 26.1. The SMILES string of the molecule is O=C(c1ccc(OC(F)F)cc1)N1CC[C@H]2NCCC[C@]2(C(=O)O)C1. The molecule has 2 atom stereocenters. The highest BCUT2D eigenvalue weighted by Crippen LogP contribution is 2.38. The smallest absolute Gasteiger partial charge is 0.387 e. The van der Waals surface area contributed by atoms with Crippen molar-refractivity contribution in [1.82, 2.24) is 10.2 Å². The number of fused-ring (bicyclic) bond motifs is 1. The van der Waals surface area contributed by atoms with Crippen molar-refractivity contribution < 1.29 is 28.2 Å². The Morgan fingerprint density at radius 3 is 2.68 bits per heavy atom. The molecular weight excluding hydrogens is 334 g/mol. The van der Waals surface area contributed by atoms with Gasteiger partial charge in [-0.3, -0.25) is 9.59 Å². The van der Waals surface area contributed by atoms with Gasteiger partial charge < -0.3 is 20.1 Å². The average molecular weight is 354 g/mol. The molecule has 1 aromatic carbocycles. The lowest BCUT2D eigenvalue weighted by Gasteiger charge is -2.48. The molecule has 0 spiro atoms. The molecule has 0 radical (unpaired) electrons. The molecule has 0 aromatic heterocycles. The number of benzene rings is 1. The molecule has 2 aliphatic heterocycles. The van der Waals surface area contributed by atoms with E-state index in [1.165, 1.54) is 24.3 Å². The Hall–Kier alpha value is -2.22. The number of alkyl halides is 2. The van der Waals surface area contributed by atoms with Gasteiger partial charge in [-0.2, -0.15) is 8.78 Å². The van der Waals surface area contributed by atoms with Crippen molar-refractivity contribution in [3.05, 3.63) is 29.8 Å². The van der Waals surface area contributed by atoms with Gasteiger partial charge in [0.1, 0.15) is 11.2 Å². The van der Waals surface area contributed by atoms with Gasteiger partial charge in [-0.1, -0.05) is 0 Å². The lowest BCUT2D eigenvalue weighted by atomic mass is 9.70. The van der Waals surface area contributed by atoms with Gasteiger partial charge in [-0.15, -0.1) is 0 Å². The van der Waals surface area contributed by atoms with Gasteiger partial charge in [0.2, 0.25) is 0 Å². The molecule has 2 saturated heterocycles. The molecule has 0 bridgehead atoms. The number of hydrogen-bond acceptors (Lipinski definition) is 4. The molecule has 1 aromatic rings. The van der Waals surface area contributed by atoms with Crippen LogP contribution in [0, 0.1) is 5.41 Å². The number of carbonyl (C=O) groups excluding carboxylic acids is 1. The van der Waals surface area contributed by atoms with Gasteiger partial charge in [0.05, 0.1) is 0 Å². The van der Waals surface area contributed by atoms with Crippen molar-refractivity contribution in [3.63, 3.8) is 0 Å². The highest BCUT2D eigenvalue weighted by atomic mass is 19.3. The lowest BCUT2D eigenvalue weighted by Crippen LogP contribution is -2.63. The summed E-state index contributed by atoms with van der Waals surface area (Å²) in [5, 5.41) is 13.0. The number of hydrogen-bond donors (Lipinski definition) is 2. The number of nitrogens with one attached hydrogen (secondary N) is 1. The average Bonchev–Trinajstić information content (AvgIpc) is 2.60. The van der Waals surface area contributed by atoms with Crippen LogP contribution in [0.4, 0.5) is 8.78 Å². The monoisotopic (exact) mass is 354 g/mol. The molecule has 0 aliphatic carbocycles. The predicted molar refractivity (Wildman–Crippen MR) is 84.7 cm³/mol. The normalized spacial score (nSPS) is 26.2. The third kappa shape index (κ3) is 3.44. The second kappa shape index (κ2) is 6.95. The van der Waals surface area contributed by atoms with Crippen molar-refractivity contribution >= 4 is 11.9 Å². The first kappa shape index (κ1) is 17.6. The van der Waals surface area contributed by atoms with E-state index in [0.717, 1.165) is 13.0 Å². The number of piperidine rings is 2. The number of carbonyl (C=O) groups is 2. The van der Waals surface area contributed by atoms with Crippen LogP contribution in [0.25, 0.3) is 0 Å². The molecule has 25 heavy (non-hydrogen) atoms. The Morgan fingerprint density at radius 1 is 1.32 bits per heavy atom. The highest BCUT2D eigenvalue weighted by molar-refractivity contribution is 5.95. The van der Waals surface area contributed by atoms with E-state index in [9.17, 15) is 23.5 Å². The summed E-state index contributed by atoms with van der Waals surface area (Å²) in [6.07, 6.45) is 1.86. The van der Waals surface area contributed by atoms with Crippen LogP contribution in [-0.4, -0.2) is 54.2 Å². The van der Waals surface area contributed by atoms with Gasteiger partial charge >= 0.3 is 12.6 Å². The Kier molecular flexibility index (Phi) is 4.89. The van der Waals surface area contributed by atoms with Gasteiger partial charge in [0.25, 0.3) is 5.91 Å². The largest absolute Gasteiger partial charge is 0.481 e. The number of rotatable bonds is 4. The second-order valence-electron chi connectivity index (χ2n) is 6.49. The molecule has 2 aliphatic rings. The standard InChI is InChI=1S/C17H20F2N2O4/c18-16(19)25-12-4-2-11(3-5-12)14(22)21-9-6-13-17(10-21,15(23)24)7-1-8-20-13/h2-5,13,16,20H,1,6-10H2,(H,23,24)/t13-,17+/m1/s1. The zero-order valence-corrected chi connectivity index (χ0v) is 13.6. The van der Waals surface area contributed by atoms with Crippen LogP contribution in [0.3, 0.4) is 0 Å². The maximum atomic E-state index is 12.7. The summed E-state index contributed by atoms with van der Waals surface area (Å²) in [7, 11) is 0. The Morgan fingerprint density at radius 2 is 2.04 bits per heavy atom. The molecule has 2 heterocycles. The Labute approximate surface area is 143 Å². The first-order valence-electron chi connectivity index (χ1n) is 8.23. The van der Waals surface area contributed by atoms with Crippen molar-refractivity contribution in [2.45, 2.75) is 31.9 Å². The van der Waals surface area contributed by atoms with Crippen LogP contribution >= 0.6 is 0 Å². The Balaban J connectivity index is 1.75. The van der Waals surface area contributed by atoms with Gasteiger partial charge in [-0.05, 0) is 50.1 Å². The van der Waals surface area contributed by atoms with Crippen molar-refractivity contribution in [2.75, 3.05) is 19.6 Å². The minimum atomic E-state index is -2.92. The molecule has 136 valence electrons. The summed E-state index contributed by atoms with van der Waals surface area (Å²) < 4.78 is 28.6. The first-order valence-corrected chi connectivity index (χ1v) is 8.23. The minimum Gasteiger partial charge on any atom is -0.481 e. The van der Waals surface area contributed by atoms with E-state index in [1.54, 1.807) is 4.90 Å². The highest BCUT2D eigenvalue weighted by Gasteiger charge is 2.51. The van der Waals surface area contributed by atoms with E-state index in [-0.39, 0.29) is 24.2 Å². The molecular formula is C17H20F2N2O4. The molecule has 6 nitrogen and oxygen atoms in total. The number of likely N-dealkylation sites (tertiary alicyclic amines) is 1. The second-order valence-corrected chi connectivity index (χ2v) is 6.49. The van der Waals surface area contributed by atoms with Crippen molar-refractivity contribution in [1.29, 1.82) is 0 Å². The first-order chi connectivity index (χ1) is 11.9.